The molecule has 0 bridgehead atoms. The van der Waals surface area contributed by atoms with Crippen molar-refractivity contribution in [3.05, 3.63) is 59.3 Å². The molecule has 1 heterocycles. The van der Waals surface area contributed by atoms with E-state index in [1.165, 1.54) is 5.56 Å². The maximum atomic E-state index is 11.4. The largest absolute Gasteiger partial charge is 0.497 e. The molecule has 0 spiro atoms. The molecule has 5 nitrogen and oxygen atoms in total. The number of rotatable bonds is 4. The number of aldehydes is 1. The Labute approximate surface area is 134 Å². The minimum atomic E-state index is 0.315. The Hall–Kier alpha value is -2.95. The van der Waals surface area contributed by atoms with E-state index in [4.69, 9.17) is 4.74 Å². The predicted molar refractivity (Wildman–Crippen MR) is 88.2 cm³/mol. The van der Waals surface area contributed by atoms with Crippen molar-refractivity contribution in [3.8, 4) is 22.7 Å². The first kappa shape index (κ1) is 15.0. The van der Waals surface area contributed by atoms with Gasteiger partial charge in [0.25, 0.3) is 0 Å². The van der Waals surface area contributed by atoms with Crippen LogP contribution in [0.5, 0.6) is 5.75 Å². The third kappa shape index (κ3) is 2.73. The van der Waals surface area contributed by atoms with Crippen molar-refractivity contribution in [1.29, 1.82) is 0 Å². The molecular weight excluding hydrogens is 290 g/mol. The quantitative estimate of drug-likeness (QED) is 0.693. The molecule has 0 saturated heterocycles. The molecule has 3 rings (SSSR count). The van der Waals surface area contributed by atoms with Gasteiger partial charge in [-0.3, -0.25) is 4.79 Å². The number of aromatic nitrogens is 3. The Morgan fingerprint density at radius 2 is 1.83 bits per heavy atom. The lowest BCUT2D eigenvalue weighted by Gasteiger charge is -2.11. The van der Waals surface area contributed by atoms with Gasteiger partial charge in [-0.25, -0.2) is 4.68 Å². The van der Waals surface area contributed by atoms with Gasteiger partial charge in [-0.05, 0) is 49.7 Å². The highest BCUT2D eigenvalue weighted by atomic mass is 16.5. The second kappa shape index (κ2) is 6.04. The zero-order valence-corrected chi connectivity index (χ0v) is 13.3. The third-order valence-corrected chi connectivity index (χ3v) is 3.75. The lowest BCUT2D eigenvalue weighted by molar-refractivity contribution is 0.111. The topological polar surface area (TPSA) is 57.0 Å². The highest BCUT2D eigenvalue weighted by Crippen LogP contribution is 2.27. The minimum Gasteiger partial charge on any atom is -0.497 e. The number of nitrogens with zero attached hydrogens (tertiary/aromatic N) is 3. The van der Waals surface area contributed by atoms with Gasteiger partial charge in [0.05, 0.1) is 12.8 Å². The van der Waals surface area contributed by atoms with E-state index < -0.39 is 0 Å². The van der Waals surface area contributed by atoms with Gasteiger partial charge in [-0.2, -0.15) is 0 Å². The molecule has 0 atom stereocenters. The van der Waals surface area contributed by atoms with E-state index in [1.54, 1.807) is 11.8 Å². The summed E-state index contributed by atoms with van der Waals surface area (Å²) in [6.07, 6.45) is 0.729. The van der Waals surface area contributed by atoms with Crippen LogP contribution in [0.4, 0.5) is 0 Å². The average molecular weight is 307 g/mol. The zero-order valence-electron chi connectivity index (χ0n) is 13.3. The molecule has 0 radical (unpaired) electrons. The third-order valence-electron chi connectivity index (χ3n) is 3.75. The van der Waals surface area contributed by atoms with E-state index in [0.717, 1.165) is 28.8 Å². The van der Waals surface area contributed by atoms with Crippen molar-refractivity contribution in [1.82, 2.24) is 15.0 Å². The molecular formula is C18H17N3O2. The number of carbonyl (C=O) groups excluding carboxylic acids is 1. The fourth-order valence-electron chi connectivity index (χ4n) is 2.60. The SMILES string of the molecule is COc1ccc(-c2c(C=O)nnn2-c2ccc(C)cc2C)cc1. The zero-order chi connectivity index (χ0) is 16.4. The first-order chi connectivity index (χ1) is 11.1. The summed E-state index contributed by atoms with van der Waals surface area (Å²) < 4.78 is 6.89. The van der Waals surface area contributed by atoms with Gasteiger partial charge in [0.15, 0.2) is 12.0 Å². The van der Waals surface area contributed by atoms with Crippen molar-refractivity contribution >= 4 is 6.29 Å². The van der Waals surface area contributed by atoms with Crippen LogP contribution < -0.4 is 4.74 Å². The minimum absolute atomic E-state index is 0.315. The van der Waals surface area contributed by atoms with Crippen LogP contribution in [0.2, 0.25) is 0 Å². The van der Waals surface area contributed by atoms with E-state index in [2.05, 4.69) is 16.4 Å². The highest BCUT2D eigenvalue weighted by molar-refractivity contribution is 5.84. The lowest BCUT2D eigenvalue weighted by atomic mass is 10.1. The van der Waals surface area contributed by atoms with Crippen molar-refractivity contribution in [3.63, 3.8) is 0 Å². The second-order valence-electron chi connectivity index (χ2n) is 5.37. The monoisotopic (exact) mass is 307 g/mol. The Balaban J connectivity index is 2.19. The molecule has 0 unspecified atom stereocenters. The molecule has 2 aromatic carbocycles. The van der Waals surface area contributed by atoms with Crippen LogP contribution in [0.3, 0.4) is 0 Å². The Bertz CT molecular complexity index is 851. The summed E-state index contributed by atoms with van der Waals surface area (Å²) >= 11 is 0. The predicted octanol–water partition coefficient (Wildman–Crippen LogP) is 3.37. The van der Waals surface area contributed by atoms with E-state index in [-0.39, 0.29) is 0 Å². The summed E-state index contributed by atoms with van der Waals surface area (Å²) in [6, 6.07) is 13.6. The van der Waals surface area contributed by atoms with Crippen LogP contribution in [-0.4, -0.2) is 28.4 Å². The summed E-state index contributed by atoms with van der Waals surface area (Å²) in [6.45, 7) is 4.06. The van der Waals surface area contributed by atoms with E-state index in [0.29, 0.717) is 11.4 Å². The Morgan fingerprint density at radius 3 is 2.43 bits per heavy atom. The van der Waals surface area contributed by atoms with Gasteiger partial charge in [-0.1, -0.05) is 22.9 Å². The molecule has 116 valence electrons. The second-order valence-corrected chi connectivity index (χ2v) is 5.37. The number of benzene rings is 2. The van der Waals surface area contributed by atoms with Crippen LogP contribution in [0.1, 0.15) is 21.6 Å². The fourth-order valence-corrected chi connectivity index (χ4v) is 2.60. The molecule has 0 aliphatic carbocycles. The van der Waals surface area contributed by atoms with Crippen LogP contribution >= 0.6 is 0 Å². The van der Waals surface area contributed by atoms with Gasteiger partial charge >= 0.3 is 0 Å². The number of methoxy groups -OCH3 is 1. The van der Waals surface area contributed by atoms with Crippen LogP contribution in [0.25, 0.3) is 16.9 Å². The maximum absolute atomic E-state index is 11.4. The number of hydrogen-bond acceptors (Lipinski definition) is 4. The van der Waals surface area contributed by atoms with Gasteiger partial charge in [0.2, 0.25) is 0 Å². The smallest absolute Gasteiger partial charge is 0.172 e. The number of hydrogen-bond donors (Lipinski definition) is 0. The van der Waals surface area contributed by atoms with Gasteiger partial charge in [0, 0.05) is 5.56 Å². The van der Waals surface area contributed by atoms with Crippen LogP contribution in [-0.2, 0) is 0 Å². The Morgan fingerprint density at radius 1 is 1.09 bits per heavy atom. The van der Waals surface area contributed by atoms with E-state index in [9.17, 15) is 4.79 Å². The van der Waals surface area contributed by atoms with Crippen molar-refractivity contribution in [2.45, 2.75) is 13.8 Å². The molecule has 0 aliphatic heterocycles. The van der Waals surface area contributed by atoms with Crippen molar-refractivity contribution < 1.29 is 9.53 Å². The highest BCUT2D eigenvalue weighted by Gasteiger charge is 2.17. The van der Waals surface area contributed by atoms with Crippen molar-refractivity contribution in [2.24, 2.45) is 0 Å². The number of carbonyl (C=O) groups is 1. The van der Waals surface area contributed by atoms with Crippen LogP contribution in [0, 0.1) is 13.8 Å². The summed E-state index contributed by atoms with van der Waals surface area (Å²) in [7, 11) is 1.62. The maximum Gasteiger partial charge on any atom is 0.172 e. The molecule has 3 aromatic rings. The lowest BCUT2D eigenvalue weighted by Crippen LogP contribution is -2.02. The molecule has 0 amide bonds. The van der Waals surface area contributed by atoms with Crippen LogP contribution in [0.15, 0.2) is 42.5 Å². The molecule has 0 fully saturated rings. The van der Waals surface area contributed by atoms with Gasteiger partial charge in [-0.15, -0.1) is 5.10 Å². The van der Waals surface area contributed by atoms with Crippen molar-refractivity contribution in [2.75, 3.05) is 7.11 Å². The normalized spacial score (nSPS) is 10.6. The number of ether oxygens (including phenoxy) is 1. The average Bonchev–Trinajstić information content (AvgIpc) is 2.98. The first-order valence-electron chi connectivity index (χ1n) is 7.27. The molecule has 5 heteroatoms. The summed E-state index contributed by atoms with van der Waals surface area (Å²) in [5.41, 5.74) is 5.00. The van der Waals surface area contributed by atoms with Gasteiger partial charge < -0.3 is 4.74 Å². The summed E-state index contributed by atoms with van der Waals surface area (Å²) in [4.78, 5) is 11.4. The van der Waals surface area contributed by atoms with E-state index in [1.807, 2.05) is 50.2 Å². The summed E-state index contributed by atoms with van der Waals surface area (Å²) in [5.74, 6) is 0.756. The molecule has 0 aliphatic rings. The summed E-state index contributed by atoms with van der Waals surface area (Å²) in [5, 5.41) is 8.18. The van der Waals surface area contributed by atoms with E-state index >= 15 is 0 Å². The number of aryl methyl sites for hydroxylation is 2. The first-order valence-corrected chi connectivity index (χ1v) is 7.27. The Kier molecular flexibility index (Phi) is 3.93. The van der Waals surface area contributed by atoms with Gasteiger partial charge in [0.1, 0.15) is 11.4 Å². The standard InChI is InChI=1S/C18H17N3O2/c1-12-4-9-17(13(2)10-12)21-18(16(11-22)19-20-21)14-5-7-15(23-3)8-6-14/h4-11H,1-3H3. The fraction of sp³-hybridized carbons (Fsp3) is 0.167. The molecule has 0 N–H and O–H groups in total. The molecule has 1 aromatic heterocycles. The molecule has 23 heavy (non-hydrogen) atoms. The molecule has 0 saturated carbocycles.